The van der Waals surface area contributed by atoms with Crippen LogP contribution < -0.4 is 10.2 Å². The maximum absolute atomic E-state index is 13.0. The van der Waals surface area contributed by atoms with E-state index in [2.05, 4.69) is 0 Å². The van der Waals surface area contributed by atoms with Crippen LogP contribution in [0.25, 0.3) is 0 Å². The fourth-order valence-corrected chi connectivity index (χ4v) is 3.25. The van der Waals surface area contributed by atoms with Gasteiger partial charge in [0.25, 0.3) is 5.91 Å². The van der Waals surface area contributed by atoms with Gasteiger partial charge in [0.1, 0.15) is 24.4 Å². The second-order valence-corrected chi connectivity index (χ2v) is 6.26. The number of carbonyl (C=O) groups is 3. The Morgan fingerprint density at radius 1 is 1.07 bits per heavy atom. The van der Waals surface area contributed by atoms with E-state index in [0.29, 0.717) is 4.90 Å². The molecule has 0 saturated carbocycles. The number of aliphatic hydroxyl groups is 3. The Labute approximate surface area is 152 Å². The predicted octanol–water partition coefficient (Wildman–Crippen LogP) is -2.18. The number of fused-ring (bicyclic) bond motifs is 1. The molecular weight excluding hydrogens is 364 g/mol. The first-order chi connectivity index (χ1) is 12.9. The minimum Gasteiger partial charge on any atom is -0.394 e. The molecule has 1 aromatic carbocycles. The molecule has 0 aliphatic carbocycles. The lowest BCUT2D eigenvalue weighted by molar-refractivity contribution is -0.256. The summed E-state index contributed by atoms with van der Waals surface area (Å²) in [6.45, 7) is -0.632. The summed E-state index contributed by atoms with van der Waals surface area (Å²) < 4.78 is 16.1. The quantitative estimate of drug-likeness (QED) is 0.419. The van der Waals surface area contributed by atoms with Crippen molar-refractivity contribution in [3.05, 3.63) is 30.3 Å². The Bertz CT molecular complexity index is 787. The molecule has 3 saturated heterocycles. The number of aliphatic hydroxyl groups excluding tert-OH is 3. The number of ether oxygens (including phenoxy) is 3. The molecule has 4 N–H and O–H groups in total. The number of para-hydroxylation sites is 1. The molecule has 6 atom stereocenters. The van der Waals surface area contributed by atoms with Crippen molar-refractivity contribution in [2.45, 2.75) is 36.5 Å². The molecule has 0 aromatic heterocycles. The van der Waals surface area contributed by atoms with Gasteiger partial charge in [-0.15, -0.1) is 0 Å². The number of imide groups is 2. The first-order valence-corrected chi connectivity index (χ1v) is 8.12. The summed E-state index contributed by atoms with van der Waals surface area (Å²) >= 11 is 0. The van der Waals surface area contributed by atoms with Gasteiger partial charge in [-0.25, -0.2) is 9.69 Å². The summed E-state index contributed by atoms with van der Waals surface area (Å²) in [5.74, 6) is -4.88. The van der Waals surface area contributed by atoms with Crippen molar-refractivity contribution < 1.29 is 43.9 Å². The average molecular weight is 380 g/mol. The number of amides is 4. The van der Waals surface area contributed by atoms with Crippen LogP contribution in [0.5, 0.6) is 0 Å². The molecule has 1 spiro atoms. The molecule has 11 nitrogen and oxygen atoms in total. The molecule has 3 aliphatic rings. The van der Waals surface area contributed by atoms with E-state index in [0.717, 1.165) is 0 Å². The average Bonchev–Trinajstić information content (AvgIpc) is 3.05. The Morgan fingerprint density at radius 2 is 1.78 bits per heavy atom. The van der Waals surface area contributed by atoms with E-state index in [9.17, 15) is 29.7 Å². The lowest BCUT2D eigenvalue weighted by atomic mass is 9.99. The van der Waals surface area contributed by atoms with Crippen molar-refractivity contribution in [1.82, 2.24) is 5.32 Å². The zero-order valence-corrected chi connectivity index (χ0v) is 13.7. The van der Waals surface area contributed by atoms with Gasteiger partial charge < -0.3 is 29.5 Å². The summed E-state index contributed by atoms with van der Waals surface area (Å²) in [4.78, 5) is 38.3. The lowest BCUT2D eigenvalue weighted by Crippen LogP contribution is -2.69. The zero-order chi connectivity index (χ0) is 19.3. The normalized spacial score (nSPS) is 38.9. The van der Waals surface area contributed by atoms with E-state index in [1.165, 1.54) is 12.1 Å². The largest absolute Gasteiger partial charge is 0.394 e. The standard InChI is InChI=1S/C16H16N2O9/c19-6-8-9(20)10(21)11-12(25-8)27-16(26-11)13(22)17-15(24)18(14(16)23)7-4-2-1-3-5-7/h1-5,8-12,19-21H,6H2,(H,17,22,24)/t8-,9+,10+,11-,12-,16?/m1/s1. The SMILES string of the molecule is O=C1NC(=O)C2(O[C@H]3O[C@H](CO)[C@H](O)[C@H](O)[C@H]3O2)C(=O)N1c1ccccc1. The topological polar surface area (TPSA) is 155 Å². The molecule has 0 radical (unpaired) electrons. The first kappa shape index (κ1) is 18.0. The van der Waals surface area contributed by atoms with Gasteiger partial charge in [-0.05, 0) is 12.1 Å². The Kier molecular flexibility index (Phi) is 4.22. The van der Waals surface area contributed by atoms with Crippen molar-refractivity contribution >= 4 is 23.5 Å². The van der Waals surface area contributed by atoms with Gasteiger partial charge in [0.15, 0.2) is 6.29 Å². The molecule has 144 valence electrons. The van der Waals surface area contributed by atoms with Crippen LogP contribution in [0.2, 0.25) is 0 Å². The van der Waals surface area contributed by atoms with Crippen molar-refractivity contribution in [1.29, 1.82) is 0 Å². The third-order valence-corrected chi connectivity index (χ3v) is 4.63. The number of rotatable bonds is 2. The van der Waals surface area contributed by atoms with Crippen molar-refractivity contribution in [3.63, 3.8) is 0 Å². The van der Waals surface area contributed by atoms with Gasteiger partial charge >= 0.3 is 17.7 Å². The number of anilines is 1. The maximum Gasteiger partial charge on any atom is 0.336 e. The van der Waals surface area contributed by atoms with Crippen molar-refractivity contribution in [3.8, 4) is 0 Å². The number of hydrogen-bond donors (Lipinski definition) is 4. The maximum atomic E-state index is 13.0. The van der Waals surface area contributed by atoms with E-state index in [1.54, 1.807) is 18.2 Å². The highest BCUT2D eigenvalue weighted by atomic mass is 16.8. The molecule has 1 unspecified atom stereocenters. The number of benzene rings is 1. The number of nitrogens with zero attached hydrogens (tertiary/aromatic N) is 1. The molecule has 3 aliphatic heterocycles. The number of hydrogen-bond acceptors (Lipinski definition) is 9. The third kappa shape index (κ3) is 2.56. The highest BCUT2D eigenvalue weighted by Crippen LogP contribution is 2.40. The van der Waals surface area contributed by atoms with E-state index in [4.69, 9.17) is 14.2 Å². The minimum atomic E-state index is -2.58. The molecule has 27 heavy (non-hydrogen) atoms. The Balaban J connectivity index is 1.69. The van der Waals surface area contributed by atoms with E-state index in [1.807, 2.05) is 5.32 Å². The van der Waals surface area contributed by atoms with Gasteiger partial charge in [-0.2, -0.15) is 0 Å². The summed E-state index contributed by atoms with van der Waals surface area (Å²) in [6.07, 6.45) is -7.12. The molecule has 3 fully saturated rings. The van der Waals surface area contributed by atoms with Gasteiger partial charge in [0, 0.05) is 0 Å². The van der Waals surface area contributed by atoms with Crippen LogP contribution in [0, 0.1) is 0 Å². The predicted molar refractivity (Wildman–Crippen MR) is 83.9 cm³/mol. The van der Waals surface area contributed by atoms with Gasteiger partial charge in [0.05, 0.1) is 12.3 Å². The van der Waals surface area contributed by atoms with E-state index in [-0.39, 0.29) is 5.69 Å². The highest BCUT2D eigenvalue weighted by molar-refractivity contribution is 6.31. The molecule has 4 rings (SSSR count). The molecule has 3 heterocycles. The molecule has 1 aromatic rings. The summed E-state index contributed by atoms with van der Waals surface area (Å²) in [7, 11) is 0. The van der Waals surface area contributed by atoms with Crippen LogP contribution in [0.3, 0.4) is 0 Å². The van der Waals surface area contributed by atoms with Gasteiger partial charge in [-0.1, -0.05) is 18.2 Å². The third-order valence-electron chi connectivity index (χ3n) is 4.63. The van der Waals surface area contributed by atoms with Gasteiger partial charge in [0.2, 0.25) is 0 Å². The monoisotopic (exact) mass is 380 g/mol. The number of urea groups is 1. The highest BCUT2D eigenvalue weighted by Gasteiger charge is 2.67. The van der Waals surface area contributed by atoms with Crippen molar-refractivity contribution in [2.75, 3.05) is 11.5 Å². The molecule has 11 heteroatoms. The minimum absolute atomic E-state index is 0.170. The van der Waals surface area contributed by atoms with Crippen LogP contribution in [-0.4, -0.2) is 76.3 Å². The fraction of sp³-hybridized carbons (Fsp3) is 0.438. The molecular formula is C16H16N2O9. The first-order valence-electron chi connectivity index (χ1n) is 8.12. The van der Waals surface area contributed by atoms with Crippen LogP contribution in [-0.2, 0) is 23.8 Å². The molecule has 4 amide bonds. The van der Waals surface area contributed by atoms with E-state index >= 15 is 0 Å². The van der Waals surface area contributed by atoms with Gasteiger partial charge in [-0.3, -0.25) is 14.9 Å². The number of nitrogens with one attached hydrogen (secondary N) is 1. The number of carbonyl (C=O) groups excluding carboxylic acids is 3. The van der Waals surface area contributed by atoms with Crippen LogP contribution in [0.15, 0.2) is 30.3 Å². The zero-order valence-electron chi connectivity index (χ0n) is 13.7. The summed E-state index contributed by atoms with van der Waals surface area (Å²) in [6, 6.07) is 6.81. The van der Waals surface area contributed by atoms with Crippen LogP contribution >= 0.6 is 0 Å². The van der Waals surface area contributed by atoms with Crippen LogP contribution in [0.1, 0.15) is 0 Å². The number of barbiturate groups is 1. The summed E-state index contributed by atoms with van der Waals surface area (Å²) in [5.41, 5.74) is 0.170. The van der Waals surface area contributed by atoms with Crippen LogP contribution in [0.4, 0.5) is 10.5 Å². The Morgan fingerprint density at radius 3 is 2.44 bits per heavy atom. The summed E-state index contributed by atoms with van der Waals surface area (Å²) in [5, 5.41) is 31.4. The van der Waals surface area contributed by atoms with Crippen molar-refractivity contribution in [2.24, 2.45) is 0 Å². The smallest absolute Gasteiger partial charge is 0.336 e. The second-order valence-electron chi connectivity index (χ2n) is 6.26. The molecule has 0 bridgehead atoms. The van der Waals surface area contributed by atoms with E-state index < -0.39 is 60.9 Å². The lowest BCUT2D eigenvalue weighted by Gasteiger charge is -2.36. The Hall–Kier alpha value is -2.41. The second kappa shape index (κ2) is 6.34. The fourth-order valence-electron chi connectivity index (χ4n) is 3.25.